The lowest BCUT2D eigenvalue weighted by atomic mass is 9.93. The van der Waals surface area contributed by atoms with Gasteiger partial charge in [0.05, 0.1) is 5.69 Å². The molecule has 1 N–H and O–H groups in total. The van der Waals surface area contributed by atoms with Crippen molar-refractivity contribution in [1.82, 2.24) is 14.7 Å². The van der Waals surface area contributed by atoms with E-state index in [0.29, 0.717) is 6.42 Å². The molecule has 0 saturated carbocycles. The van der Waals surface area contributed by atoms with Crippen LogP contribution in [0.5, 0.6) is 0 Å². The minimum atomic E-state index is -1.00. The van der Waals surface area contributed by atoms with Crippen LogP contribution < -0.4 is 0 Å². The van der Waals surface area contributed by atoms with Gasteiger partial charge in [0.25, 0.3) is 5.91 Å². The van der Waals surface area contributed by atoms with Crippen LogP contribution in [0.2, 0.25) is 0 Å². The van der Waals surface area contributed by atoms with E-state index in [9.17, 15) is 14.7 Å². The summed E-state index contributed by atoms with van der Waals surface area (Å²) in [5.74, 6) is -1.38. The molecule has 3 aromatic rings. The second-order valence-electron chi connectivity index (χ2n) is 6.24. The van der Waals surface area contributed by atoms with E-state index in [4.69, 9.17) is 0 Å². The number of nitrogens with zero attached hydrogens (tertiary/aromatic N) is 3. The van der Waals surface area contributed by atoms with Crippen molar-refractivity contribution in [3.05, 3.63) is 83.7 Å². The molecule has 2 heterocycles. The van der Waals surface area contributed by atoms with Crippen LogP contribution >= 0.6 is 0 Å². The smallest absolute Gasteiger partial charge is 0.326 e. The minimum Gasteiger partial charge on any atom is -0.480 e. The number of para-hydroxylation sites is 1. The van der Waals surface area contributed by atoms with Gasteiger partial charge in [0.15, 0.2) is 5.69 Å². The number of hydrogen-bond donors (Lipinski definition) is 1. The van der Waals surface area contributed by atoms with Crippen LogP contribution in [0.3, 0.4) is 0 Å². The Labute approximate surface area is 150 Å². The van der Waals surface area contributed by atoms with Gasteiger partial charge in [-0.25, -0.2) is 9.48 Å². The van der Waals surface area contributed by atoms with Crippen molar-refractivity contribution in [2.45, 2.75) is 19.0 Å². The second kappa shape index (κ2) is 6.48. The molecule has 1 aliphatic rings. The Morgan fingerprint density at radius 1 is 0.962 bits per heavy atom. The quantitative estimate of drug-likeness (QED) is 0.790. The van der Waals surface area contributed by atoms with Gasteiger partial charge in [-0.05, 0) is 29.3 Å². The molecule has 0 saturated heterocycles. The number of aromatic nitrogens is 2. The predicted octanol–water partition coefficient (Wildman–Crippen LogP) is 2.52. The Balaban J connectivity index is 1.65. The SMILES string of the molecule is O=C(O)[C@H]1Cc2ccccc2CN1C(=O)c1ccn(-c2ccccc2)n1. The third kappa shape index (κ3) is 2.86. The Kier molecular flexibility index (Phi) is 4.01. The Morgan fingerprint density at radius 2 is 1.65 bits per heavy atom. The summed E-state index contributed by atoms with van der Waals surface area (Å²) in [7, 11) is 0. The third-order valence-corrected chi connectivity index (χ3v) is 4.62. The highest BCUT2D eigenvalue weighted by atomic mass is 16.4. The maximum Gasteiger partial charge on any atom is 0.326 e. The highest BCUT2D eigenvalue weighted by molar-refractivity contribution is 5.95. The number of fused-ring (bicyclic) bond motifs is 1. The molecule has 0 bridgehead atoms. The first-order valence-electron chi connectivity index (χ1n) is 8.35. The standard InChI is InChI=1S/C20H17N3O3/c24-19(17-10-11-23(21-17)16-8-2-1-3-9-16)22-13-15-7-5-4-6-14(15)12-18(22)20(25)26/h1-11,18H,12-13H2,(H,25,26)/t18-/m1/s1. The molecule has 6 heteroatoms. The summed E-state index contributed by atoms with van der Waals surface area (Å²) in [6.45, 7) is 0.268. The molecule has 26 heavy (non-hydrogen) atoms. The minimum absolute atomic E-state index is 0.236. The molecule has 1 amide bonds. The Bertz CT molecular complexity index is 965. The summed E-state index contributed by atoms with van der Waals surface area (Å²) < 4.78 is 1.61. The number of carbonyl (C=O) groups is 2. The van der Waals surface area contributed by atoms with E-state index < -0.39 is 12.0 Å². The number of hydrogen-bond acceptors (Lipinski definition) is 3. The van der Waals surface area contributed by atoms with Crippen molar-refractivity contribution < 1.29 is 14.7 Å². The molecular weight excluding hydrogens is 330 g/mol. The maximum atomic E-state index is 13.0. The first kappa shape index (κ1) is 16.1. The highest BCUT2D eigenvalue weighted by Gasteiger charge is 2.35. The fourth-order valence-corrected chi connectivity index (χ4v) is 3.27. The van der Waals surface area contributed by atoms with E-state index in [1.807, 2.05) is 54.6 Å². The number of aliphatic carboxylic acids is 1. The fourth-order valence-electron chi connectivity index (χ4n) is 3.27. The van der Waals surface area contributed by atoms with E-state index in [1.165, 1.54) is 4.90 Å². The van der Waals surface area contributed by atoms with Gasteiger partial charge in [0, 0.05) is 19.2 Å². The van der Waals surface area contributed by atoms with Gasteiger partial charge < -0.3 is 10.0 Å². The topological polar surface area (TPSA) is 75.4 Å². The van der Waals surface area contributed by atoms with E-state index in [0.717, 1.165) is 16.8 Å². The van der Waals surface area contributed by atoms with Gasteiger partial charge in [-0.2, -0.15) is 5.10 Å². The molecule has 6 nitrogen and oxygen atoms in total. The van der Waals surface area contributed by atoms with Crippen molar-refractivity contribution in [2.75, 3.05) is 0 Å². The van der Waals surface area contributed by atoms with Crippen LogP contribution in [-0.4, -0.2) is 37.7 Å². The monoisotopic (exact) mass is 347 g/mol. The van der Waals surface area contributed by atoms with Crippen molar-refractivity contribution in [3.8, 4) is 5.69 Å². The molecule has 4 rings (SSSR count). The number of carbonyl (C=O) groups excluding carboxylic acids is 1. The van der Waals surface area contributed by atoms with E-state index >= 15 is 0 Å². The zero-order valence-corrected chi connectivity index (χ0v) is 13.9. The summed E-state index contributed by atoms with van der Waals surface area (Å²) in [5, 5.41) is 13.9. The second-order valence-corrected chi connectivity index (χ2v) is 6.24. The molecule has 0 radical (unpaired) electrons. The number of carboxylic acids is 1. The molecule has 1 aromatic heterocycles. The zero-order chi connectivity index (χ0) is 18.1. The molecule has 1 aliphatic heterocycles. The van der Waals surface area contributed by atoms with Gasteiger partial charge in [0.2, 0.25) is 0 Å². The Hall–Kier alpha value is -3.41. The molecule has 130 valence electrons. The molecular formula is C20H17N3O3. The zero-order valence-electron chi connectivity index (χ0n) is 13.9. The fraction of sp³-hybridized carbons (Fsp3) is 0.150. The molecule has 0 fully saturated rings. The molecule has 0 unspecified atom stereocenters. The van der Waals surface area contributed by atoms with Crippen molar-refractivity contribution >= 4 is 11.9 Å². The third-order valence-electron chi connectivity index (χ3n) is 4.62. The lowest BCUT2D eigenvalue weighted by Crippen LogP contribution is -2.48. The number of amides is 1. The van der Waals surface area contributed by atoms with Gasteiger partial charge in [-0.15, -0.1) is 0 Å². The average Bonchev–Trinajstić information content (AvgIpc) is 3.17. The van der Waals surface area contributed by atoms with E-state index in [1.54, 1.807) is 16.9 Å². The molecule has 2 aromatic carbocycles. The summed E-state index contributed by atoms with van der Waals surface area (Å²) in [4.78, 5) is 26.1. The first-order valence-corrected chi connectivity index (χ1v) is 8.35. The van der Waals surface area contributed by atoms with Gasteiger partial charge in [-0.3, -0.25) is 4.79 Å². The summed E-state index contributed by atoms with van der Waals surface area (Å²) in [6.07, 6.45) is 2.01. The highest BCUT2D eigenvalue weighted by Crippen LogP contribution is 2.25. The lowest BCUT2D eigenvalue weighted by Gasteiger charge is -2.34. The largest absolute Gasteiger partial charge is 0.480 e. The van der Waals surface area contributed by atoms with Crippen molar-refractivity contribution in [3.63, 3.8) is 0 Å². The summed E-state index contributed by atoms with van der Waals surface area (Å²) >= 11 is 0. The predicted molar refractivity (Wildman–Crippen MR) is 95.0 cm³/mol. The van der Waals surface area contributed by atoms with Crippen LogP contribution in [-0.2, 0) is 17.8 Å². The molecule has 1 atom stereocenters. The molecule has 0 aliphatic carbocycles. The molecule has 0 spiro atoms. The van der Waals surface area contributed by atoms with Crippen LogP contribution in [0.15, 0.2) is 66.9 Å². The van der Waals surface area contributed by atoms with E-state index in [2.05, 4.69) is 5.10 Å². The van der Waals surface area contributed by atoms with Crippen LogP contribution in [0, 0.1) is 0 Å². The normalized spacial score (nSPS) is 16.2. The number of benzene rings is 2. The average molecular weight is 347 g/mol. The number of rotatable bonds is 3. The van der Waals surface area contributed by atoms with Gasteiger partial charge in [0.1, 0.15) is 6.04 Å². The first-order chi connectivity index (χ1) is 12.6. The summed E-state index contributed by atoms with van der Waals surface area (Å²) in [5.41, 5.74) is 3.02. The van der Waals surface area contributed by atoms with Gasteiger partial charge in [-0.1, -0.05) is 42.5 Å². The Morgan fingerprint density at radius 3 is 2.38 bits per heavy atom. The van der Waals surface area contributed by atoms with Crippen LogP contribution in [0.25, 0.3) is 5.69 Å². The lowest BCUT2D eigenvalue weighted by molar-refractivity contribution is -0.142. The van der Waals surface area contributed by atoms with Crippen molar-refractivity contribution in [2.24, 2.45) is 0 Å². The van der Waals surface area contributed by atoms with Crippen LogP contribution in [0.4, 0.5) is 0 Å². The maximum absolute atomic E-state index is 13.0. The van der Waals surface area contributed by atoms with Gasteiger partial charge >= 0.3 is 5.97 Å². The van der Waals surface area contributed by atoms with Crippen LogP contribution in [0.1, 0.15) is 21.6 Å². The summed E-state index contributed by atoms with van der Waals surface area (Å²) in [6, 6.07) is 17.8. The van der Waals surface area contributed by atoms with Crippen molar-refractivity contribution in [1.29, 1.82) is 0 Å². The number of carboxylic acid groups (broad SMARTS) is 1. The van der Waals surface area contributed by atoms with E-state index in [-0.39, 0.29) is 18.1 Å².